The molecule has 8 heteroatoms. The van der Waals surface area contributed by atoms with Gasteiger partial charge in [-0.05, 0) is 57.4 Å². The van der Waals surface area contributed by atoms with Crippen molar-refractivity contribution in [2.45, 2.75) is 52.5 Å². The van der Waals surface area contributed by atoms with E-state index < -0.39 is 16.1 Å². The van der Waals surface area contributed by atoms with Gasteiger partial charge in [0.2, 0.25) is 15.9 Å². The summed E-state index contributed by atoms with van der Waals surface area (Å²) in [4.78, 5) is 12.8. The van der Waals surface area contributed by atoms with Crippen molar-refractivity contribution in [1.82, 2.24) is 14.1 Å². The summed E-state index contributed by atoms with van der Waals surface area (Å²) >= 11 is 0. The summed E-state index contributed by atoms with van der Waals surface area (Å²) in [5, 5.41) is 7.36. The van der Waals surface area contributed by atoms with Crippen LogP contribution in [0.1, 0.15) is 44.0 Å². The molecule has 7 nitrogen and oxygen atoms in total. The zero-order valence-electron chi connectivity index (χ0n) is 16.7. The van der Waals surface area contributed by atoms with E-state index in [1.54, 1.807) is 6.07 Å². The normalized spacial score (nSPS) is 17.8. The molecule has 28 heavy (non-hydrogen) atoms. The monoisotopic (exact) mass is 404 g/mol. The van der Waals surface area contributed by atoms with Crippen LogP contribution in [-0.4, -0.2) is 46.8 Å². The SMILES string of the molecule is CCCCS(=O)(=O)N1CCCC1C(=O)Nc1cccc(-n2nc(C)cc2C)c1. The van der Waals surface area contributed by atoms with Crippen LogP contribution in [0.15, 0.2) is 30.3 Å². The van der Waals surface area contributed by atoms with Gasteiger partial charge in [-0.25, -0.2) is 13.1 Å². The van der Waals surface area contributed by atoms with Crippen LogP contribution >= 0.6 is 0 Å². The van der Waals surface area contributed by atoms with Crippen molar-refractivity contribution in [2.75, 3.05) is 17.6 Å². The summed E-state index contributed by atoms with van der Waals surface area (Å²) in [7, 11) is -3.40. The summed E-state index contributed by atoms with van der Waals surface area (Å²) < 4.78 is 28.3. The van der Waals surface area contributed by atoms with Crippen molar-refractivity contribution < 1.29 is 13.2 Å². The van der Waals surface area contributed by atoms with Gasteiger partial charge in [-0.2, -0.15) is 9.40 Å². The van der Waals surface area contributed by atoms with E-state index in [1.165, 1.54) is 4.31 Å². The molecule has 0 spiro atoms. The quantitative estimate of drug-likeness (QED) is 0.769. The molecule has 0 saturated carbocycles. The number of sulfonamides is 1. The second-order valence-corrected chi connectivity index (χ2v) is 9.36. The highest BCUT2D eigenvalue weighted by Gasteiger charge is 2.38. The number of carbonyl (C=O) groups is 1. The Morgan fingerprint density at radius 1 is 1.29 bits per heavy atom. The number of amides is 1. The highest BCUT2D eigenvalue weighted by molar-refractivity contribution is 7.89. The summed E-state index contributed by atoms with van der Waals surface area (Å²) in [6, 6.07) is 8.78. The molecule has 1 unspecified atom stereocenters. The molecular formula is C20H28N4O3S. The molecule has 1 saturated heterocycles. The minimum atomic E-state index is -3.40. The van der Waals surface area contributed by atoms with E-state index in [1.807, 2.05) is 49.7 Å². The van der Waals surface area contributed by atoms with Crippen LogP contribution in [0.5, 0.6) is 0 Å². The molecule has 1 atom stereocenters. The number of nitrogens with one attached hydrogen (secondary N) is 1. The van der Waals surface area contributed by atoms with Gasteiger partial charge in [0.05, 0.1) is 17.1 Å². The highest BCUT2D eigenvalue weighted by Crippen LogP contribution is 2.24. The number of aryl methyl sites for hydroxylation is 2. The minimum absolute atomic E-state index is 0.0979. The van der Waals surface area contributed by atoms with Crippen molar-refractivity contribution >= 4 is 21.6 Å². The fourth-order valence-corrected chi connectivity index (χ4v) is 5.49. The van der Waals surface area contributed by atoms with Crippen LogP contribution in [-0.2, 0) is 14.8 Å². The number of unbranched alkanes of at least 4 members (excludes halogenated alkanes) is 1. The lowest BCUT2D eigenvalue weighted by Crippen LogP contribution is -2.44. The molecule has 152 valence electrons. The Balaban J connectivity index is 1.76. The molecule has 1 N–H and O–H groups in total. The first-order valence-corrected chi connectivity index (χ1v) is 11.4. The van der Waals surface area contributed by atoms with Crippen LogP contribution in [0.4, 0.5) is 5.69 Å². The number of benzene rings is 1. The molecule has 3 rings (SSSR count). The zero-order chi connectivity index (χ0) is 20.3. The molecular weight excluding hydrogens is 376 g/mol. The lowest BCUT2D eigenvalue weighted by molar-refractivity contribution is -0.119. The van der Waals surface area contributed by atoms with Gasteiger partial charge in [0.1, 0.15) is 6.04 Å². The topological polar surface area (TPSA) is 84.3 Å². The van der Waals surface area contributed by atoms with Gasteiger partial charge in [-0.15, -0.1) is 0 Å². The predicted molar refractivity (Wildman–Crippen MR) is 110 cm³/mol. The maximum atomic E-state index is 12.8. The van der Waals surface area contributed by atoms with Crippen LogP contribution in [0.3, 0.4) is 0 Å². The third-order valence-corrected chi connectivity index (χ3v) is 6.94. The summed E-state index contributed by atoms with van der Waals surface area (Å²) in [6.45, 7) is 6.28. The average Bonchev–Trinajstić information content (AvgIpc) is 3.27. The first kappa shape index (κ1) is 20.5. The van der Waals surface area contributed by atoms with E-state index in [0.29, 0.717) is 31.5 Å². The Kier molecular flexibility index (Phi) is 6.20. The number of carbonyl (C=O) groups excluding carboxylic acids is 1. The van der Waals surface area contributed by atoms with Crippen LogP contribution in [0, 0.1) is 13.8 Å². The molecule has 2 aromatic rings. The fraction of sp³-hybridized carbons (Fsp3) is 0.500. The molecule has 2 heterocycles. The van der Waals surface area contributed by atoms with E-state index in [0.717, 1.165) is 23.5 Å². The Labute approximate surface area is 166 Å². The summed E-state index contributed by atoms with van der Waals surface area (Å²) in [5.41, 5.74) is 3.41. The van der Waals surface area contributed by atoms with Gasteiger partial charge in [0.25, 0.3) is 0 Å². The Hall–Kier alpha value is -2.19. The van der Waals surface area contributed by atoms with Gasteiger partial charge in [-0.1, -0.05) is 19.4 Å². The molecule has 1 fully saturated rings. The molecule has 1 aromatic heterocycles. The van der Waals surface area contributed by atoms with Gasteiger partial charge >= 0.3 is 0 Å². The Morgan fingerprint density at radius 3 is 2.75 bits per heavy atom. The second-order valence-electron chi connectivity index (χ2n) is 7.32. The van der Waals surface area contributed by atoms with E-state index >= 15 is 0 Å². The fourth-order valence-electron chi connectivity index (χ4n) is 3.61. The number of aromatic nitrogens is 2. The molecule has 1 aliphatic heterocycles. The lowest BCUT2D eigenvalue weighted by atomic mass is 10.2. The standard InChI is InChI=1S/C20H28N4O3S/c1-4-5-12-28(26,27)23-11-7-10-19(23)20(25)21-17-8-6-9-18(14-17)24-16(3)13-15(2)22-24/h6,8-9,13-14,19H,4-5,7,10-12H2,1-3H3,(H,21,25). The lowest BCUT2D eigenvalue weighted by Gasteiger charge is -2.23. The molecule has 0 bridgehead atoms. The van der Waals surface area contributed by atoms with Gasteiger partial charge in [0.15, 0.2) is 0 Å². The molecule has 0 aliphatic carbocycles. The number of rotatable bonds is 7. The summed E-state index contributed by atoms with van der Waals surface area (Å²) in [6.07, 6.45) is 2.67. The Bertz CT molecular complexity index is 952. The largest absolute Gasteiger partial charge is 0.325 e. The highest BCUT2D eigenvalue weighted by atomic mass is 32.2. The number of anilines is 1. The van der Waals surface area contributed by atoms with E-state index in [4.69, 9.17) is 0 Å². The number of hydrogen-bond acceptors (Lipinski definition) is 4. The molecule has 1 amide bonds. The third kappa shape index (κ3) is 4.44. The van der Waals surface area contributed by atoms with Gasteiger partial charge in [-0.3, -0.25) is 4.79 Å². The maximum absolute atomic E-state index is 12.8. The number of nitrogens with zero attached hydrogens (tertiary/aromatic N) is 3. The van der Waals surface area contributed by atoms with Gasteiger partial charge in [0, 0.05) is 17.9 Å². The second kappa shape index (κ2) is 8.45. The van der Waals surface area contributed by atoms with Crippen LogP contribution in [0.25, 0.3) is 5.69 Å². The number of hydrogen-bond donors (Lipinski definition) is 1. The first-order chi connectivity index (χ1) is 13.3. The maximum Gasteiger partial charge on any atom is 0.242 e. The van der Waals surface area contributed by atoms with Crippen molar-refractivity contribution in [1.29, 1.82) is 0 Å². The van der Waals surface area contributed by atoms with Crippen molar-refractivity contribution in [3.63, 3.8) is 0 Å². The van der Waals surface area contributed by atoms with Crippen molar-refractivity contribution in [2.24, 2.45) is 0 Å². The van der Waals surface area contributed by atoms with Crippen molar-refractivity contribution in [3.8, 4) is 5.69 Å². The average molecular weight is 405 g/mol. The first-order valence-electron chi connectivity index (χ1n) is 9.76. The summed E-state index contributed by atoms with van der Waals surface area (Å²) in [5.74, 6) is -0.177. The molecule has 1 aliphatic rings. The third-order valence-electron chi connectivity index (χ3n) is 4.99. The van der Waals surface area contributed by atoms with E-state index in [-0.39, 0.29) is 11.7 Å². The van der Waals surface area contributed by atoms with E-state index in [9.17, 15) is 13.2 Å². The van der Waals surface area contributed by atoms with E-state index in [2.05, 4.69) is 10.4 Å². The van der Waals surface area contributed by atoms with Crippen LogP contribution in [0.2, 0.25) is 0 Å². The molecule has 1 aromatic carbocycles. The minimum Gasteiger partial charge on any atom is -0.325 e. The van der Waals surface area contributed by atoms with Gasteiger partial charge < -0.3 is 5.32 Å². The molecule has 0 radical (unpaired) electrons. The Morgan fingerprint density at radius 2 is 2.07 bits per heavy atom. The van der Waals surface area contributed by atoms with Crippen molar-refractivity contribution in [3.05, 3.63) is 41.7 Å². The zero-order valence-corrected chi connectivity index (χ0v) is 17.5. The van der Waals surface area contributed by atoms with Crippen LogP contribution < -0.4 is 5.32 Å². The smallest absolute Gasteiger partial charge is 0.242 e. The predicted octanol–water partition coefficient (Wildman–Crippen LogP) is 3.02.